The van der Waals surface area contributed by atoms with Crippen LogP contribution in [0.2, 0.25) is 0 Å². The van der Waals surface area contributed by atoms with Crippen LogP contribution in [0.1, 0.15) is 5.69 Å². The largest absolute Gasteiger partial charge is 0.398 e. The van der Waals surface area contributed by atoms with Gasteiger partial charge in [0.2, 0.25) is 0 Å². The predicted molar refractivity (Wildman–Crippen MR) is 74.4 cm³/mol. The molecule has 0 aliphatic heterocycles. The van der Waals surface area contributed by atoms with Crippen molar-refractivity contribution in [3.05, 3.63) is 48.2 Å². The SMILES string of the molecule is COCc1cc(N)c2ccc3ccccc3c2n1. The number of methoxy groups -OCH3 is 1. The average Bonchev–Trinajstić information content (AvgIpc) is 2.39. The summed E-state index contributed by atoms with van der Waals surface area (Å²) in [5.74, 6) is 0. The zero-order valence-electron chi connectivity index (χ0n) is 10.2. The lowest BCUT2D eigenvalue weighted by Gasteiger charge is -2.08. The fourth-order valence-corrected chi connectivity index (χ4v) is 2.26. The van der Waals surface area contributed by atoms with Crippen molar-refractivity contribution in [2.75, 3.05) is 12.8 Å². The van der Waals surface area contributed by atoms with E-state index >= 15 is 0 Å². The third-order valence-electron chi connectivity index (χ3n) is 3.08. The number of nitrogens with two attached hydrogens (primary N) is 1. The van der Waals surface area contributed by atoms with Crippen LogP contribution in [0.4, 0.5) is 5.69 Å². The van der Waals surface area contributed by atoms with Gasteiger partial charge in [0.05, 0.1) is 17.8 Å². The summed E-state index contributed by atoms with van der Waals surface area (Å²) >= 11 is 0. The van der Waals surface area contributed by atoms with E-state index in [1.165, 1.54) is 5.39 Å². The first kappa shape index (κ1) is 11.0. The second-order valence-corrected chi connectivity index (χ2v) is 4.32. The van der Waals surface area contributed by atoms with E-state index in [-0.39, 0.29) is 0 Å². The molecule has 2 aromatic carbocycles. The van der Waals surface area contributed by atoms with Crippen molar-refractivity contribution >= 4 is 27.4 Å². The molecule has 3 nitrogen and oxygen atoms in total. The van der Waals surface area contributed by atoms with Crippen molar-refractivity contribution in [3.8, 4) is 0 Å². The van der Waals surface area contributed by atoms with E-state index in [9.17, 15) is 0 Å². The summed E-state index contributed by atoms with van der Waals surface area (Å²) in [6.07, 6.45) is 0. The van der Waals surface area contributed by atoms with Crippen molar-refractivity contribution in [3.63, 3.8) is 0 Å². The second kappa shape index (κ2) is 4.27. The molecule has 0 aliphatic carbocycles. The Bertz CT molecular complexity index is 722. The Labute approximate surface area is 105 Å². The van der Waals surface area contributed by atoms with Gasteiger partial charge in [0.15, 0.2) is 0 Å². The van der Waals surface area contributed by atoms with E-state index in [1.807, 2.05) is 24.3 Å². The van der Waals surface area contributed by atoms with Gasteiger partial charge in [0, 0.05) is 23.6 Å². The van der Waals surface area contributed by atoms with Crippen LogP contribution in [0.25, 0.3) is 21.7 Å². The fourth-order valence-electron chi connectivity index (χ4n) is 2.26. The molecule has 1 heterocycles. The molecule has 0 saturated carbocycles. The molecule has 0 aliphatic rings. The summed E-state index contributed by atoms with van der Waals surface area (Å²) < 4.78 is 5.13. The average molecular weight is 238 g/mol. The molecule has 0 atom stereocenters. The Kier molecular flexibility index (Phi) is 2.61. The Hall–Kier alpha value is -2.13. The van der Waals surface area contributed by atoms with Gasteiger partial charge in [-0.3, -0.25) is 0 Å². The number of nitrogens with zero attached hydrogens (tertiary/aromatic N) is 1. The molecule has 3 heteroatoms. The third kappa shape index (κ3) is 1.69. The number of benzene rings is 2. The maximum atomic E-state index is 6.08. The van der Waals surface area contributed by atoms with Crippen LogP contribution in [0, 0.1) is 0 Å². The standard InChI is InChI=1S/C15H14N2O/c1-18-9-11-8-14(16)13-7-6-10-4-2-3-5-12(10)15(13)17-11/h2-8H,9H2,1H3,(H2,16,17). The lowest BCUT2D eigenvalue weighted by Crippen LogP contribution is -1.97. The molecule has 1 aromatic heterocycles. The van der Waals surface area contributed by atoms with Gasteiger partial charge >= 0.3 is 0 Å². The minimum atomic E-state index is 0.476. The zero-order valence-corrected chi connectivity index (χ0v) is 10.2. The number of rotatable bonds is 2. The first-order valence-electron chi connectivity index (χ1n) is 5.85. The van der Waals surface area contributed by atoms with Crippen molar-refractivity contribution in [1.29, 1.82) is 0 Å². The number of hydrogen-bond donors (Lipinski definition) is 1. The molecule has 0 unspecified atom stereocenters. The van der Waals surface area contributed by atoms with Crippen LogP contribution >= 0.6 is 0 Å². The number of hydrogen-bond acceptors (Lipinski definition) is 3. The Balaban J connectivity index is 2.40. The number of fused-ring (bicyclic) bond motifs is 3. The number of nitrogen functional groups attached to an aromatic ring is 1. The molecular formula is C15H14N2O. The Morgan fingerprint density at radius 3 is 2.78 bits per heavy atom. The molecule has 2 N–H and O–H groups in total. The summed E-state index contributed by atoms with van der Waals surface area (Å²) in [5, 5.41) is 3.29. The Morgan fingerprint density at radius 1 is 1.11 bits per heavy atom. The molecule has 3 aromatic rings. The van der Waals surface area contributed by atoms with E-state index in [0.717, 1.165) is 27.7 Å². The minimum Gasteiger partial charge on any atom is -0.398 e. The highest BCUT2D eigenvalue weighted by Gasteiger charge is 2.06. The van der Waals surface area contributed by atoms with Gasteiger partial charge in [-0.2, -0.15) is 0 Å². The van der Waals surface area contributed by atoms with Crippen molar-refractivity contribution in [2.45, 2.75) is 6.61 Å². The fraction of sp³-hybridized carbons (Fsp3) is 0.133. The van der Waals surface area contributed by atoms with Gasteiger partial charge in [-0.1, -0.05) is 36.4 Å². The van der Waals surface area contributed by atoms with E-state index < -0.39 is 0 Å². The van der Waals surface area contributed by atoms with Crippen LogP contribution < -0.4 is 5.73 Å². The van der Waals surface area contributed by atoms with Crippen LogP contribution in [0.3, 0.4) is 0 Å². The number of aromatic nitrogens is 1. The van der Waals surface area contributed by atoms with Crippen molar-refractivity contribution in [2.24, 2.45) is 0 Å². The summed E-state index contributed by atoms with van der Waals surface area (Å²) in [6, 6.07) is 14.2. The smallest absolute Gasteiger partial charge is 0.0885 e. The second-order valence-electron chi connectivity index (χ2n) is 4.32. The molecule has 3 rings (SSSR count). The van der Waals surface area contributed by atoms with E-state index in [4.69, 9.17) is 10.5 Å². The number of ether oxygens (including phenoxy) is 1. The van der Waals surface area contributed by atoms with Crippen LogP contribution in [-0.2, 0) is 11.3 Å². The summed E-state index contributed by atoms with van der Waals surface area (Å²) in [5.41, 5.74) is 8.64. The zero-order chi connectivity index (χ0) is 12.5. The predicted octanol–water partition coefficient (Wildman–Crippen LogP) is 3.12. The van der Waals surface area contributed by atoms with Gasteiger partial charge in [0.1, 0.15) is 0 Å². The van der Waals surface area contributed by atoms with Crippen molar-refractivity contribution < 1.29 is 4.74 Å². The van der Waals surface area contributed by atoms with E-state index in [2.05, 4.69) is 23.2 Å². The lowest BCUT2D eigenvalue weighted by atomic mass is 10.0. The molecule has 0 bridgehead atoms. The minimum absolute atomic E-state index is 0.476. The van der Waals surface area contributed by atoms with Gasteiger partial charge in [-0.15, -0.1) is 0 Å². The molecule has 0 saturated heterocycles. The summed E-state index contributed by atoms with van der Waals surface area (Å²) in [4.78, 5) is 4.65. The molecular weight excluding hydrogens is 224 g/mol. The molecule has 0 amide bonds. The maximum absolute atomic E-state index is 6.08. The van der Waals surface area contributed by atoms with Gasteiger partial charge in [-0.25, -0.2) is 4.98 Å². The van der Waals surface area contributed by atoms with Crippen LogP contribution in [0.5, 0.6) is 0 Å². The highest BCUT2D eigenvalue weighted by Crippen LogP contribution is 2.28. The summed E-state index contributed by atoms with van der Waals surface area (Å²) in [7, 11) is 1.66. The number of anilines is 1. The topological polar surface area (TPSA) is 48.1 Å². The maximum Gasteiger partial charge on any atom is 0.0885 e. The molecule has 18 heavy (non-hydrogen) atoms. The molecule has 0 spiro atoms. The highest BCUT2D eigenvalue weighted by molar-refractivity contribution is 6.08. The van der Waals surface area contributed by atoms with E-state index in [1.54, 1.807) is 7.11 Å². The third-order valence-corrected chi connectivity index (χ3v) is 3.08. The lowest BCUT2D eigenvalue weighted by molar-refractivity contribution is 0.182. The first-order chi connectivity index (χ1) is 8.79. The molecule has 0 radical (unpaired) electrons. The van der Waals surface area contributed by atoms with Crippen molar-refractivity contribution in [1.82, 2.24) is 4.98 Å². The van der Waals surface area contributed by atoms with E-state index in [0.29, 0.717) is 6.61 Å². The van der Waals surface area contributed by atoms with Crippen LogP contribution in [-0.4, -0.2) is 12.1 Å². The van der Waals surface area contributed by atoms with Crippen LogP contribution in [0.15, 0.2) is 42.5 Å². The first-order valence-corrected chi connectivity index (χ1v) is 5.85. The molecule has 0 fully saturated rings. The van der Waals surface area contributed by atoms with Gasteiger partial charge < -0.3 is 10.5 Å². The normalized spacial score (nSPS) is 11.2. The quantitative estimate of drug-likeness (QED) is 0.698. The monoisotopic (exact) mass is 238 g/mol. The molecule has 90 valence electrons. The Morgan fingerprint density at radius 2 is 1.94 bits per heavy atom. The van der Waals surface area contributed by atoms with Gasteiger partial charge in [0.25, 0.3) is 0 Å². The van der Waals surface area contributed by atoms with Gasteiger partial charge in [-0.05, 0) is 11.5 Å². The highest BCUT2D eigenvalue weighted by atomic mass is 16.5. The summed E-state index contributed by atoms with van der Waals surface area (Å²) in [6.45, 7) is 0.476. The number of pyridine rings is 1.